The van der Waals surface area contributed by atoms with Crippen molar-refractivity contribution in [1.29, 1.82) is 0 Å². The van der Waals surface area contributed by atoms with Crippen LogP contribution < -0.4 is 0 Å². The standard InChI is InChI=1S/C15H28O3Si/c1-14(2,3)19(6,7)16-10-11-8-9-12-13(11)18-15(4,5)17-12/h8-9,11-13H,10H2,1-7H3/t11-,12+,13-/m1/s1. The van der Waals surface area contributed by atoms with Crippen LogP contribution in [-0.2, 0) is 13.9 Å². The van der Waals surface area contributed by atoms with Crippen molar-refractivity contribution in [2.75, 3.05) is 6.61 Å². The van der Waals surface area contributed by atoms with Crippen molar-refractivity contribution in [3.8, 4) is 0 Å². The summed E-state index contributed by atoms with van der Waals surface area (Å²) in [7, 11) is -1.68. The van der Waals surface area contributed by atoms with E-state index in [0.29, 0.717) is 5.92 Å². The fraction of sp³-hybridized carbons (Fsp3) is 0.867. The van der Waals surface area contributed by atoms with Crippen molar-refractivity contribution >= 4 is 8.32 Å². The Morgan fingerprint density at radius 2 is 1.79 bits per heavy atom. The second kappa shape index (κ2) is 4.69. The highest BCUT2D eigenvalue weighted by molar-refractivity contribution is 6.74. The normalized spacial score (nSPS) is 33.7. The van der Waals surface area contributed by atoms with Crippen LogP contribution in [0.15, 0.2) is 12.2 Å². The van der Waals surface area contributed by atoms with E-state index in [-0.39, 0.29) is 17.2 Å². The van der Waals surface area contributed by atoms with Crippen molar-refractivity contribution < 1.29 is 13.9 Å². The van der Waals surface area contributed by atoms with E-state index in [9.17, 15) is 0 Å². The second-order valence-corrected chi connectivity index (χ2v) is 12.5. The van der Waals surface area contributed by atoms with Gasteiger partial charge in [0.2, 0.25) is 0 Å². The van der Waals surface area contributed by atoms with E-state index in [4.69, 9.17) is 13.9 Å². The van der Waals surface area contributed by atoms with Gasteiger partial charge < -0.3 is 13.9 Å². The molecule has 110 valence electrons. The first-order valence-corrected chi connectivity index (χ1v) is 10.1. The van der Waals surface area contributed by atoms with E-state index in [1.54, 1.807) is 0 Å². The molecule has 1 heterocycles. The minimum absolute atomic E-state index is 0.100. The molecule has 1 aliphatic heterocycles. The highest BCUT2D eigenvalue weighted by atomic mass is 28.4. The minimum atomic E-state index is -1.68. The Kier molecular flexibility index (Phi) is 3.76. The molecule has 0 aromatic heterocycles. The number of fused-ring (bicyclic) bond motifs is 1. The lowest BCUT2D eigenvalue weighted by Crippen LogP contribution is -2.43. The van der Waals surface area contributed by atoms with Gasteiger partial charge in [-0.25, -0.2) is 0 Å². The highest BCUT2D eigenvalue weighted by Crippen LogP contribution is 2.40. The summed E-state index contributed by atoms with van der Waals surface area (Å²) >= 11 is 0. The van der Waals surface area contributed by atoms with Crippen molar-refractivity contribution in [3.63, 3.8) is 0 Å². The van der Waals surface area contributed by atoms with Crippen molar-refractivity contribution in [1.82, 2.24) is 0 Å². The minimum Gasteiger partial charge on any atom is -0.416 e. The Morgan fingerprint density at radius 3 is 2.37 bits per heavy atom. The summed E-state index contributed by atoms with van der Waals surface area (Å²) in [5.74, 6) is -0.143. The number of rotatable bonds is 3. The average molecular weight is 284 g/mol. The molecule has 0 N–H and O–H groups in total. The fourth-order valence-corrected chi connectivity index (χ4v) is 3.37. The molecule has 0 spiro atoms. The largest absolute Gasteiger partial charge is 0.416 e. The third-order valence-corrected chi connectivity index (χ3v) is 9.08. The molecule has 1 fully saturated rings. The predicted octanol–water partition coefficient (Wildman–Crippen LogP) is 3.71. The lowest BCUT2D eigenvalue weighted by Gasteiger charge is -2.37. The molecule has 0 saturated carbocycles. The van der Waals surface area contributed by atoms with Crippen LogP contribution in [0.3, 0.4) is 0 Å². The first kappa shape index (κ1) is 15.2. The summed E-state index contributed by atoms with van der Waals surface area (Å²) in [4.78, 5) is 0. The lowest BCUT2D eigenvalue weighted by atomic mass is 10.1. The van der Waals surface area contributed by atoms with Crippen LogP contribution in [0.2, 0.25) is 18.1 Å². The zero-order valence-electron chi connectivity index (χ0n) is 13.3. The summed E-state index contributed by atoms with van der Waals surface area (Å²) in [6, 6.07) is 0. The van der Waals surface area contributed by atoms with Gasteiger partial charge in [-0.05, 0) is 32.0 Å². The van der Waals surface area contributed by atoms with E-state index in [2.05, 4.69) is 46.0 Å². The third kappa shape index (κ3) is 3.12. The van der Waals surface area contributed by atoms with Gasteiger partial charge in [-0.1, -0.05) is 32.9 Å². The summed E-state index contributed by atoms with van der Waals surface area (Å²) < 4.78 is 18.1. The fourth-order valence-electron chi connectivity index (χ4n) is 2.33. The zero-order valence-corrected chi connectivity index (χ0v) is 14.3. The molecule has 0 radical (unpaired) electrons. The SMILES string of the molecule is CC1(C)O[C@@H]2[C@@H](CO[Si](C)(C)C(C)(C)C)C=C[C@@H]2O1. The molecule has 2 aliphatic rings. The second-order valence-electron chi connectivity index (χ2n) is 7.68. The van der Waals surface area contributed by atoms with Gasteiger partial charge in [-0.15, -0.1) is 0 Å². The molecule has 2 rings (SSSR count). The molecule has 0 unspecified atom stereocenters. The zero-order chi connectivity index (χ0) is 14.5. The number of hydrogen-bond donors (Lipinski definition) is 0. The van der Waals surface area contributed by atoms with Gasteiger partial charge in [0.1, 0.15) is 6.10 Å². The van der Waals surface area contributed by atoms with Crippen LogP contribution in [0.25, 0.3) is 0 Å². The van der Waals surface area contributed by atoms with Crippen LogP contribution in [0.1, 0.15) is 34.6 Å². The smallest absolute Gasteiger partial charge is 0.192 e. The molecule has 19 heavy (non-hydrogen) atoms. The van der Waals surface area contributed by atoms with E-state index < -0.39 is 14.1 Å². The van der Waals surface area contributed by atoms with Gasteiger partial charge in [-0.2, -0.15) is 0 Å². The van der Waals surface area contributed by atoms with Crippen molar-refractivity contribution in [2.45, 2.75) is 70.7 Å². The maximum atomic E-state index is 6.31. The van der Waals surface area contributed by atoms with Crippen LogP contribution in [-0.4, -0.2) is 32.9 Å². The van der Waals surface area contributed by atoms with Crippen LogP contribution in [0, 0.1) is 5.92 Å². The van der Waals surface area contributed by atoms with Gasteiger partial charge in [0, 0.05) is 12.5 Å². The number of hydrogen-bond acceptors (Lipinski definition) is 3. The molecular formula is C15H28O3Si. The summed E-state index contributed by atoms with van der Waals surface area (Å²) in [5.41, 5.74) is 0. The summed E-state index contributed by atoms with van der Waals surface area (Å²) in [6.45, 7) is 16.1. The van der Waals surface area contributed by atoms with Crippen molar-refractivity contribution in [3.05, 3.63) is 12.2 Å². The summed E-state index contributed by atoms with van der Waals surface area (Å²) in [5, 5.41) is 0.251. The molecule has 0 aromatic rings. The molecule has 0 aromatic carbocycles. The molecule has 4 heteroatoms. The Morgan fingerprint density at radius 1 is 1.16 bits per heavy atom. The maximum Gasteiger partial charge on any atom is 0.192 e. The van der Waals surface area contributed by atoms with Gasteiger partial charge >= 0.3 is 0 Å². The average Bonchev–Trinajstić information content (AvgIpc) is 2.68. The summed E-state index contributed by atoms with van der Waals surface area (Å²) in [6.07, 6.45) is 4.54. The van der Waals surface area contributed by atoms with Crippen LogP contribution >= 0.6 is 0 Å². The Bertz CT molecular complexity index is 368. The van der Waals surface area contributed by atoms with Gasteiger partial charge in [0.25, 0.3) is 0 Å². The first-order valence-electron chi connectivity index (χ1n) is 7.20. The maximum absolute atomic E-state index is 6.31. The van der Waals surface area contributed by atoms with Gasteiger partial charge in [0.05, 0.1) is 6.10 Å². The predicted molar refractivity (Wildman–Crippen MR) is 79.6 cm³/mol. The van der Waals surface area contributed by atoms with Crippen LogP contribution in [0.5, 0.6) is 0 Å². The van der Waals surface area contributed by atoms with Crippen molar-refractivity contribution in [2.24, 2.45) is 5.92 Å². The molecule has 1 saturated heterocycles. The van der Waals surface area contributed by atoms with E-state index >= 15 is 0 Å². The molecule has 3 atom stereocenters. The highest BCUT2D eigenvalue weighted by Gasteiger charge is 2.47. The lowest BCUT2D eigenvalue weighted by molar-refractivity contribution is -0.148. The van der Waals surface area contributed by atoms with E-state index in [0.717, 1.165) is 6.61 Å². The molecule has 3 nitrogen and oxygen atoms in total. The third-order valence-electron chi connectivity index (χ3n) is 4.58. The first-order chi connectivity index (χ1) is 8.52. The molecular weight excluding hydrogens is 256 g/mol. The molecule has 0 bridgehead atoms. The Labute approximate surface area is 118 Å². The quantitative estimate of drug-likeness (QED) is 0.584. The van der Waals surface area contributed by atoms with Gasteiger partial charge in [0.15, 0.2) is 14.1 Å². The topological polar surface area (TPSA) is 27.7 Å². The van der Waals surface area contributed by atoms with E-state index in [1.807, 2.05) is 13.8 Å². The molecule has 1 aliphatic carbocycles. The van der Waals surface area contributed by atoms with Gasteiger partial charge in [-0.3, -0.25) is 0 Å². The number of ether oxygens (including phenoxy) is 2. The Balaban J connectivity index is 1.94. The van der Waals surface area contributed by atoms with Crippen LogP contribution in [0.4, 0.5) is 0 Å². The Hall–Kier alpha value is -0.163. The monoisotopic (exact) mass is 284 g/mol. The van der Waals surface area contributed by atoms with E-state index in [1.165, 1.54) is 0 Å². The molecule has 0 amide bonds.